The van der Waals surface area contributed by atoms with Crippen molar-refractivity contribution in [3.8, 4) is 5.75 Å². The standard InChI is InChI=1S/C38H45N3O5S/c1-6-30(5)39-38(43)36(25-31-14-9-8-10-15-31)40(26-32-16-12-11-13-29(32)4)37(42)27-41(33-19-17-28(3)18-20-33)47(44,45)35-23-21-34(22-24-35)46-7-2/h8-24,30,36H,6-7,25-27H2,1-5H3,(H,39,43)/t30-,36-/m0/s1. The van der Waals surface area contributed by atoms with Gasteiger partial charge in [-0.15, -0.1) is 0 Å². The highest BCUT2D eigenvalue weighted by atomic mass is 32.2. The Morgan fingerprint density at radius 1 is 0.830 bits per heavy atom. The Bertz CT molecular complexity index is 1730. The molecular formula is C38H45N3O5S. The maximum Gasteiger partial charge on any atom is 0.264 e. The van der Waals surface area contributed by atoms with Crippen molar-refractivity contribution in [2.45, 2.75) is 71.0 Å². The van der Waals surface area contributed by atoms with Crippen molar-refractivity contribution >= 4 is 27.5 Å². The maximum absolute atomic E-state index is 14.6. The molecule has 1 N–H and O–H groups in total. The molecule has 4 aromatic carbocycles. The summed E-state index contributed by atoms with van der Waals surface area (Å²) in [6, 6.07) is 29.4. The summed E-state index contributed by atoms with van der Waals surface area (Å²) in [7, 11) is -4.21. The van der Waals surface area contributed by atoms with Crippen LogP contribution < -0.4 is 14.4 Å². The number of carbonyl (C=O) groups is 2. The van der Waals surface area contributed by atoms with Gasteiger partial charge in [-0.3, -0.25) is 13.9 Å². The van der Waals surface area contributed by atoms with E-state index in [1.54, 1.807) is 24.3 Å². The molecule has 0 heterocycles. The zero-order valence-electron chi connectivity index (χ0n) is 27.8. The van der Waals surface area contributed by atoms with Gasteiger partial charge in [0.15, 0.2) is 0 Å². The van der Waals surface area contributed by atoms with E-state index in [1.807, 2.05) is 101 Å². The Hall–Kier alpha value is -4.63. The van der Waals surface area contributed by atoms with Gasteiger partial charge in [-0.1, -0.05) is 79.2 Å². The number of benzene rings is 4. The first-order valence-electron chi connectivity index (χ1n) is 16.0. The maximum atomic E-state index is 14.6. The molecule has 2 atom stereocenters. The van der Waals surface area contributed by atoms with Crippen LogP contribution in [0.1, 0.15) is 49.4 Å². The van der Waals surface area contributed by atoms with Crippen molar-refractivity contribution in [3.05, 3.63) is 125 Å². The predicted octanol–water partition coefficient (Wildman–Crippen LogP) is 6.45. The third-order valence-electron chi connectivity index (χ3n) is 8.20. The quantitative estimate of drug-likeness (QED) is 0.159. The second kappa shape index (κ2) is 16.3. The number of nitrogens with zero attached hydrogens (tertiary/aromatic N) is 2. The second-order valence-electron chi connectivity index (χ2n) is 11.7. The lowest BCUT2D eigenvalue weighted by Crippen LogP contribution is -2.54. The van der Waals surface area contributed by atoms with E-state index in [9.17, 15) is 18.0 Å². The zero-order valence-corrected chi connectivity index (χ0v) is 28.7. The van der Waals surface area contributed by atoms with Gasteiger partial charge in [-0.2, -0.15) is 0 Å². The van der Waals surface area contributed by atoms with Crippen LogP contribution in [0.15, 0.2) is 108 Å². The summed E-state index contributed by atoms with van der Waals surface area (Å²) in [5.74, 6) is -0.241. The largest absolute Gasteiger partial charge is 0.494 e. The summed E-state index contributed by atoms with van der Waals surface area (Å²) in [4.78, 5) is 30.2. The molecule has 0 saturated heterocycles. The van der Waals surface area contributed by atoms with Gasteiger partial charge in [0.05, 0.1) is 17.2 Å². The molecule has 248 valence electrons. The van der Waals surface area contributed by atoms with Gasteiger partial charge in [-0.25, -0.2) is 8.42 Å². The molecule has 0 spiro atoms. The van der Waals surface area contributed by atoms with E-state index >= 15 is 0 Å². The van der Waals surface area contributed by atoms with Crippen LogP contribution in [0.4, 0.5) is 5.69 Å². The minimum atomic E-state index is -4.21. The van der Waals surface area contributed by atoms with E-state index in [0.717, 1.165) is 33.0 Å². The Labute approximate surface area is 279 Å². The first-order chi connectivity index (χ1) is 22.5. The van der Waals surface area contributed by atoms with Crippen LogP contribution in [-0.4, -0.2) is 50.4 Å². The van der Waals surface area contributed by atoms with E-state index in [2.05, 4.69) is 5.32 Å². The third-order valence-corrected chi connectivity index (χ3v) is 9.99. The summed E-state index contributed by atoms with van der Waals surface area (Å²) in [5.41, 5.74) is 4.01. The van der Waals surface area contributed by atoms with Gasteiger partial charge in [0.25, 0.3) is 10.0 Å². The molecule has 0 saturated carbocycles. The normalized spacial score (nSPS) is 12.5. The van der Waals surface area contributed by atoms with Crippen molar-refractivity contribution in [1.82, 2.24) is 10.2 Å². The number of rotatable bonds is 15. The van der Waals surface area contributed by atoms with E-state index in [1.165, 1.54) is 17.0 Å². The molecule has 0 aliphatic carbocycles. The van der Waals surface area contributed by atoms with E-state index in [4.69, 9.17) is 4.74 Å². The Morgan fingerprint density at radius 3 is 2.09 bits per heavy atom. The Kier molecular flexibility index (Phi) is 12.2. The van der Waals surface area contributed by atoms with Crippen LogP contribution in [-0.2, 0) is 32.6 Å². The highest BCUT2D eigenvalue weighted by molar-refractivity contribution is 7.92. The molecule has 9 heteroatoms. The molecular weight excluding hydrogens is 611 g/mol. The second-order valence-corrected chi connectivity index (χ2v) is 13.6. The fraction of sp³-hybridized carbons (Fsp3) is 0.316. The van der Waals surface area contributed by atoms with Crippen molar-refractivity contribution in [3.63, 3.8) is 0 Å². The molecule has 4 aromatic rings. The minimum absolute atomic E-state index is 0.0233. The summed E-state index contributed by atoms with van der Waals surface area (Å²) in [6.07, 6.45) is 0.980. The SMILES string of the molecule is CCOc1ccc(S(=O)(=O)N(CC(=O)N(Cc2ccccc2C)[C@@H](Cc2ccccc2)C(=O)N[C@@H](C)CC)c2ccc(C)cc2)cc1. The van der Waals surface area contributed by atoms with Crippen LogP contribution in [0.2, 0.25) is 0 Å². The molecule has 0 aliphatic heterocycles. The molecule has 0 unspecified atom stereocenters. The highest BCUT2D eigenvalue weighted by Crippen LogP contribution is 2.27. The number of hydrogen-bond donors (Lipinski definition) is 1. The molecule has 47 heavy (non-hydrogen) atoms. The fourth-order valence-electron chi connectivity index (χ4n) is 5.21. The molecule has 0 aromatic heterocycles. The highest BCUT2D eigenvalue weighted by Gasteiger charge is 2.35. The molecule has 0 aliphatic rings. The third kappa shape index (κ3) is 9.23. The van der Waals surface area contributed by atoms with E-state index in [-0.39, 0.29) is 29.8 Å². The van der Waals surface area contributed by atoms with Crippen molar-refractivity contribution in [1.29, 1.82) is 0 Å². The monoisotopic (exact) mass is 655 g/mol. The summed E-state index contributed by atoms with van der Waals surface area (Å²) < 4.78 is 35.2. The number of carbonyl (C=O) groups excluding carboxylic acids is 2. The number of ether oxygens (including phenoxy) is 1. The molecule has 8 nitrogen and oxygen atoms in total. The molecule has 0 bridgehead atoms. The van der Waals surface area contributed by atoms with Crippen LogP contribution in [0.5, 0.6) is 5.75 Å². The smallest absolute Gasteiger partial charge is 0.264 e. The van der Waals surface area contributed by atoms with E-state index < -0.39 is 28.5 Å². The summed E-state index contributed by atoms with van der Waals surface area (Å²) in [6.45, 7) is 9.70. The number of nitrogens with one attached hydrogen (secondary N) is 1. The average molecular weight is 656 g/mol. The van der Waals surface area contributed by atoms with Gasteiger partial charge in [0.1, 0.15) is 18.3 Å². The van der Waals surface area contributed by atoms with Crippen molar-refractivity contribution < 1.29 is 22.7 Å². The Morgan fingerprint density at radius 2 is 1.47 bits per heavy atom. The first kappa shape index (κ1) is 35.2. The number of anilines is 1. The van der Waals surface area contributed by atoms with Crippen molar-refractivity contribution in [2.75, 3.05) is 17.5 Å². The van der Waals surface area contributed by atoms with Crippen LogP contribution in [0.25, 0.3) is 0 Å². The number of sulfonamides is 1. The van der Waals surface area contributed by atoms with E-state index in [0.29, 0.717) is 18.0 Å². The van der Waals surface area contributed by atoms with Gasteiger partial charge in [0.2, 0.25) is 11.8 Å². The van der Waals surface area contributed by atoms with Crippen molar-refractivity contribution in [2.24, 2.45) is 0 Å². The van der Waals surface area contributed by atoms with Gasteiger partial charge < -0.3 is 15.0 Å². The molecule has 0 radical (unpaired) electrons. The molecule has 0 fully saturated rings. The lowest BCUT2D eigenvalue weighted by atomic mass is 10.0. The lowest BCUT2D eigenvalue weighted by Gasteiger charge is -2.34. The summed E-state index contributed by atoms with van der Waals surface area (Å²) in [5, 5.41) is 3.07. The molecule has 2 amide bonds. The van der Waals surface area contributed by atoms with Crippen LogP contribution in [0, 0.1) is 13.8 Å². The average Bonchev–Trinajstić information content (AvgIpc) is 3.07. The molecule has 4 rings (SSSR count). The Balaban J connectivity index is 1.80. The van der Waals surface area contributed by atoms with Gasteiger partial charge >= 0.3 is 0 Å². The van der Waals surface area contributed by atoms with Crippen LogP contribution >= 0.6 is 0 Å². The van der Waals surface area contributed by atoms with Crippen LogP contribution in [0.3, 0.4) is 0 Å². The number of amides is 2. The number of aryl methyl sites for hydroxylation is 2. The van der Waals surface area contributed by atoms with Gasteiger partial charge in [0, 0.05) is 19.0 Å². The summed E-state index contributed by atoms with van der Waals surface area (Å²) >= 11 is 0. The first-order valence-corrected chi connectivity index (χ1v) is 17.5. The zero-order chi connectivity index (χ0) is 34.0. The topological polar surface area (TPSA) is 96.0 Å². The minimum Gasteiger partial charge on any atom is -0.494 e. The lowest BCUT2D eigenvalue weighted by molar-refractivity contribution is -0.140. The fourth-order valence-corrected chi connectivity index (χ4v) is 6.62. The van der Waals surface area contributed by atoms with Gasteiger partial charge in [-0.05, 0) is 87.2 Å². The predicted molar refractivity (Wildman–Crippen MR) is 187 cm³/mol. The number of hydrogen-bond acceptors (Lipinski definition) is 5.